The number of rotatable bonds is 3. The van der Waals surface area contributed by atoms with Crippen molar-refractivity contribution in [2.24, 2.45) is 0 Å². The number of aromatic nitrogens is 5. The van der Waals surface area contributed by atoms with Crippen LogP contribution in [0.3, 0.4) is 0 Å². The van der Waals surface area contributed by atoms with E-state index in [4.69, 9.17) is 19.7 Å². The average Bonchev–Trinajstić information content (AvgIpc) is 3.16. The van der Waals surface area contributed by atoms with Gasteiger partial charge in [-0.25, -0.2) is 15.0 Å². The SMILES string of the molecule is COc1ccc(-n2c3nc4ccccc4nc3c3c(=O)n(C4CCCCC4)c(C)nc32)cc1. The summed E-state index contributed by atoms with van der Waals surface area (Å²) in [5.74, 6) is 1.50. The number of ether oxygens (including phenoxy) is 1. The van der Waals surface area contributed by atoms with Gasteiger partial charge in [0.1, 0.15) is 22.5 Å². The van der Waals surface area contributed by atoms with Crippen LogP contribution in [0.1, 0.15) is 44.0 Å². The molecule has 1 saturated carbocycles. The van der Waals surface area contributed by atoms with Crippen LogP contribution in [0.5, 0.6) is 5.75 Å². The van der Waals surface area contributed by atoms with E-state index in [9.17, 15) is 4.79 Å². The second kappa shape index (κ2) is 7.69. The van der Waals surface area contributed by atoms with Crippen molar-refractivity contribution < 1.29 is 4.74 Å². The molecule has 7 heteroatoms. The highest BCUT2D eigenvalue weighted by Crippen LogP contribution is 2.32. The Kier molecular flexibility index (Phi) is 4.64. The van der Waals surface area contributed by atoms with Gasteiger partial charge in [-0.2, -0.15) is 0 Å². The van der Waals surface area contributed by atoms with Crippen LogP contribution in [0.2, 0.25) is 0 Å². The van der Waals surface area contributed by atoms with Crippen molar-refractivity contribution in [3.05, 3.63) is 64.7 Å². The second-order valence-electron chi connectivity index (χ2n) is 8.74. The van der Waals surface area contributed by atoms with Crippen LogP contribution in [0.25, 0.3) is 38.9 Å². The molecule has 3 heterocycles. The van der Waals surface area contributed by atoms with Gasteiger partial charge in [0.05, 0.1) is 18.1 Å². The third-order valence-corrected chi connectivity index (χ3v) is 6.76. The normalized spacial score (nSPS) is 15.0. The Morgan fingerprint density at radius 1 is 0.879 bits per heavy atom. The maximum absolute atomic E-state index is 14.0. The van der Waals surface area contributed by atoms with E-state index in [0.717, 1.165) is 54.0 Å². The summed E-state index contributed by atoms with van der Waals surface area (Å²) < 4.78 is 9.18. The molecule has 0 amide bonds. The van der Waals surface area contributed by atoms with Crippen LogP contribution in [-0.4, -0.2) is 31.2 Å². The monoisotopic (exact) mass is 439 g/mol. The minimum atomic E-state index is -0.0220. The molecule has 2 aromatic carbocycles. The molecular formula is C26H25N5O2. The summed E-state index contributed by atoms with van der Waals surface area (Å²) in [7, 11) is 1.64. The molecule has 0 spiro atoms. The third-order valence-electron chi connectivity index (χ3n) is 6.76. The van der Waals surface area contributed by atoms with Gasteiger partial charge in [0.25, 0.3) is 5.56 Å². The van der Waals surface area contributed by atoms with Crippen molar-refractivity contribution in [1.82, 2.24) is 24.1 Å². The highest BCUT2D eigenvalue weighted by Gasteiger charge is 2.25. The van der Waals surface area contributed by atoms with Crippen molar-refractivity contribution in [3.63, 3.8) is 0 Å². The third kappa shape index (κ3) is 3.10. The summed E-state index contributed by atoms with van der Waals surface area (Å²) in [5, 5.41) is 0.537. The molecule has 166 valence electrons. The molecule has 33 heavy (non-hydrogen) atoms. The highest BCUT2D eigenvalue weighted by atomic mass is 16.5. The Morgan fingerprint density at radius 2 is 1.58 bits per heavy atom. The number of nitrogens with zero attached hydrogens (tertiary/aromatic N) is 5. The molecule has 5 aromatic rings. The largest absolute Gasteiger partial charge is 0.497 e. The first-order valence-corrected chi connectivity index (χ1v) is 11.5. The predicted octanol–water partition coefficient (Wildman–Crippen LogP) is 5.11. The molecule has 0 aliphatic heterocycles. The lowest BCUT2D eigenvalue weighted by molar-refractivity contribution is 0.339. The van der Waals surface area contributed by atoms with Crippen LogP contribution in [0.4, 0.5) is 0 Å². The summed E-state index contributed by atoms with van der Waals surface area (Å²) in [6.07, 6.45) is 5.55. The molecular weight excluding hydrogens is 414 g/mol. The fourth-order valence-electron chi connectivity index (χ4n) is 5.15. The quantitative estimate of drug-likeness (QED) is 0.391. The molecule has 1 aliphatic rings. The molecule has 0 unspecified atom stereocenters. The molecule has 0 saturated heterocycles. The van der Waals surface area contributed by atoms with Gasteiger partial charge in [0.2, 0.25) is 0 Å². The Bertz CT molecular complexity index is 1560. The van der Waals surface area contributed by atoms with Crippen LogP contribution >= 0.6 is 0 Å². The minimum Gasteiger partial charge on any atom is -0.497 e. The molecule has 1 aliphatic carbocycles. The lowest BCUT2D eigenvalue weighted by atomic mass is 9.95. The van der Waals surface area contributed by atoms with E-state index in [0.29, 0.717) is 22.2 Å². The number of hydrogen-bond acceptors (Lipinski definition) is 5. The van der Waals surface area contributed by atoms with Crippen molar-refractivity contribution in [2.45, 2.75) is 45.1 Å². The van der Waals surface area contributed by atoms with Gasteiger partial charge in [-0.15, -0.1) is 0 Å². The zero-order valence-corrected chi connectivity index (χ0v) is 18.8. The van der Waals surface area contributed by atoms with E-state index in [-0.39, 0.29) is 11.6 Å². The minimum absolute atomic E-state index is 0.0220. The Balaban J connectivity index is 1.73. The Morgan fingerprint density at radius 3 is 2.27 bits per heavy atom. The van der Waals surface area contributed by atoms with Gasteiger partial charge < -0.3 is 4.74 Å². The summed E-state index contributed by atoms with van der Waals surface area (Å²) in [6, 6.07) is 15.7. The molecule has 6 rings (SSSR count). The van der Waals surface area contributed by atoms with E-state index in [1.165, 1.54) is 6.42 Å². The molecule has 3 aromatic heterocycles. The fraction of sp³-hybridized carbons (Fsp3) is 0.308. The molecule has 0 bridgehead atoms. The lowest BCUT2D eigenvalue weighted by Crippen LogP contribution is -2.29. The zero-order valence-electron chi connectivity index (χ0n) is 18.8. The fourth-order valence-corrected chi connectivity index (χ4v) is 5.15. The van der Waals surface area contributed by atoms with Gasteiger partial charge in [-0.05, 0) is 56.2 Å². The van der Waals surface area contributed by atoms with E-state index >= 15 is 0 Å². The number of hydrogen-bond donors (Lipinski definition) is 0. The topological polar surface area (TPSA) is 74.8 Å². The van der Waals surface area contributed by atoms with E-state index in [1.54, 1.807) is 7.11 Å². The van der Waals surface area contributed by atoms with Crippen LogP contribution < -0.4 is 10.3 Å². The maximum Gasteiger partial charge on any atom is 0.265 e. The van der Waals surface area contributed by atoms with Crippen molar-refractivity contribution in [1.29, 1.82) is 0 Å². The summed E-state index contributed by atoms with van der Waals surface area (Å²) in [4.78, 5) is 28.8. The highest BCUT2D eigenvalue weighted by molar-refractivity contribution is 6.05. The van der Waals surface area contributed by atoms with Gasteiger partial charge in [-0.1, -0.05) is 31.4 Å². The first kappa shape index (κ1) is 19.9. The van der Waals surface area contributed by atoms with Crippen molar-refractivity contribution in [3.8, 4) is 11.4 Å². The summed E-state index contributed by atoms with van der Waals surface area (Å²) in [6.45, 7) is 1.93. The molecule has 7 nitrogen and oxygen atoms in total. The number of aryl methyl sites for hydroxylation is 1. The Labute approximate surface area is 190 Å². The molecule has 1 fully saturated rings. The van der Waals surface area contributed by atoms with Crippen molar-refractivity contribution in [2.75, 3.05) is 7.11 Å². The van der Waals surface area contributed by atoms with Gasteiger partial charge >= 0.3 is 0 Å². The predicted molar refractivity (Wildman–Crippen MR) is 129 cm³/mol. The molecule has 0 radical (unpaired) electrons. The first-order valence-electron chi connectivity index (χ1n) is 11.5. The lowest BCUT2D eigenvalue weighted by Gasteiger charge is -2.25. The van der Waals surface area contributed by atoms with Crippen molar-refractivity contribution >= 4 is 33.2 Å². The zero-order chi connectivity index (χ0) is 22.5. The van der Waals surface area contributed by atoms with Crippen LogP contribution in [-0.2, 0) is 0 Å². The standard InChI is InChI=1S/C26H25N5O2/c1-16-27-24-22(26(32)30(16)17-8-4-3-5-9-17)23-25(29-21-11-7-6-10-20(21)28-23)31(24)18-12-14-19(33-2)15-13-18/h6-7,10-15,17H,3-5,8-9H2,1-2H3. The Hall–Kier alpha value is -3.74. The molecule has 0 N–H and O–H groups in total. The van der Waals surface area contributed by atoms with Gasteiger partial charge in [0.15, 0.2) is 11.3 Å². The average molecular weight is 440 g/mol. The van der Waals surface area contributed by atoms with Crippen LogP contribution in [0.15, 0.2) is 53.3 Å². The number of fused-ring (bicyclic) bond motifs is 4. The maximum atomic E-state index is 14.0. The number of benzene rings is 2. The smallest absolute Gasteiger partial charge is 0.265 e. The number of para-hydroxylation sites is 2. The number of methoxy groups -OCH3 is 1. The van der Waals surface area contributed by atoms with Gasteiger partial charge in [0, 0.05) is 11.7 Å². The summed E-state index contributed by atoms with van der Waals surface area (Å²) in [5.41, 5.74) is 4.23. The first-order chi connectivity index (χ1) is 16.2. The van der Waals surface area contributed by atoms with E-state index in [1.807, 2.05) is 64.6 Å². The van der Waals surface area contributed by atoms with Crippen LogP contribution in [0, 0.1) is 6.92 Å². The summed E-state index contributed by atoms with van der Waals surface area (Å²) >= 11 is 0. The van der Waals surface area contributed by atoms with E-state index in [2.05, 4.69) is 0 Å². The van der Waals surface area contributed by atoms with Gasteiger partial charge in [-0.3, -0.25) is 13.9 Å². The van der Waals surface area contributed by atoms with E-state index < -0.39 is 0 Å². The second-order valence-corrected chi connectivity index (χ2v) is 8.74. The molecule has 0 atom stereocenters.